The molecule has 2 amide bonds. The fraction of sp³-hybridized carbons (Fsp3) is 0.619. The van der Waals surface area contributed by atoms with Gasteiger partial charge in [-0.15, -0.1) is 0 Å². The van der Waals surface area contributed by atoms with Crippen LogP contribution in [0.4, 0.5) is 9.59 Å². The number of hydrogen-bond acceptors (Lipinski definition) is 6. The van der Waals surface area contributed by atoms with Gasteiger partial charge in [0.1, 0.15) is 17.0 Å². The third-order valence-electron chi connectivity index (χ3n) is 3.39. The molecule has 0 heterocycles. The van der Waals surface area contributed by atoms with Gasteiger partial charge < -0.3 is 24.8 Å². The fourth-order valence-corrected chi connectivity index (χ4v) is 3.17. The van der Waals surface area contributed by atoms with Crippen LogP contribution in [0.1, 0.15) is 47.1 Å². The van der Waals surface area contributed by atoms with E-state index in [4.69, 9.17) is 14.2 Å². The van der Waals surface area contributed by atoms with E-state index in [-0.39, 0.29) is 5.25 Å². The maximum absolute atomic E-state index is 12.0. The van der Waals surface area contributed by atoms with Crippen LogP contribution in [0.25, 0.3) is 0 Å². The summed E-state index contributed by atoms with van der Waals surface area (Å²) < 4.78 is 15.7. The van der Waals surface area contributed by atoms with Crippen molar-refractivity contribution in [2.24, 2.45) is 0 Å². The van der Waals surface area contributed by atoms with Gasteiger partial charge in [-0.2, -0.15) is 11.8 Å². The third kappa shape index (κ3) is 12.2. The minimum Gasteiger partial charge on any atom is -0.497 e. The lowest BCUT2D eigenvalue weighted by atomic mass is 10.2. The van der Waals surface area contributed by atoms with Crippen molar-refractivity contribution >= 4 is 23.9 Å². The topological polar surface area (TPSA) is 85.9 Å². The van der Waals surface area contributed by atoms with Crippen LogP contribution in [0.3, 0.4) is 0 Å². The Morgan fingerprint density at radius 2 is 1.34 bits per heavy atom. The van der Waals surface area contributed by atoms with Gasteiger partial charge in [-0.1, -0.05) is 12.1 Å². The van der Waals surface area contributed by atoms with Crippen LogP contribution in [-0.2, 0) is 15.2 Å². The van der Waals surface area contributed by atoms with Crippen molar-refractivity contribution in [1.29, 1.82) is 0 Å². The number of hydrogen-bond donors (Lipinski definition) is 2. The van der Waals surface area contributed by atoms with Crippen molar-refractivity contribution in [3.05, 3.63) is 29.8 Å². The lowest BCUT2D eigenvalue weighted by molar-refractivity contribution is 0.0526. The Bertz CT molecular complexity index is 619. The van der Waals surface area contributed by atoms with Crippen LogP contribution in [0.5, 0.6) is 5.75 Å². The van der Waals surface area contributed by atoms with E-state index in [2.05, 4.69) is 10.6 Å². The van der Waals surface area contributed by atoms with Gasteiger partial charge in [0.05, 0.1) is 7.11 Å². The first kappa shape index (κ1) is 24.9. The number of nitrogens with one attached hydrogen (secondary N) is 2. The highest BCUT2D eigenvalue weighted by Crippen LogP contribution is 2.20. The van der Waals surface area contributed by atoms with Crippen molar-refractivity contribution in [2.75, 3.05) is 20.2 Å². The van der Waals surface area contributed by atoms with E-state index < -0.39 is 23.4 Å². The lowest BCUT2D eigenvalue weighted by Gasteiger charge is -2.23. The zero-order chi connectivity index (χ0) is 22.1. The number of rotatable bonds is 8. The molecule has 0 fully saturated rings. The Morgan fingerprint density at radius 3 is 1.72 bits per heavy atom. The summed E-state index contributed by atoms with van der Waals surface area (Å²) in [4.78, 5) is 23.9. The van der Waals surface area contributed by atoms with E-state index in [1.807, 2.05) is 65.8 Å². The molecule has 0 aliphatic heterocycles. The molecule has 0 aliphatic carbocycles. The second-order valence-electron chi connectivity index (χ2n) is 8.55. The van der Waals surface area contributed by atoms with Crippen LogP contribution in [0.15, 0.2) is 24.3 Å². The monoisotopic (exact) mass is 426 g/mol. The molecule has 8 heteroatoms. The maximum atomic E-state index is 12.0. The van der Waals surface area contributed by atoms with Crippen molar-refractivity contribution in [3.63, 3.8) is 0 Å². The van der Waals surface area contributed by atoms with Crippen LogP contribution < -0.4 is 15.4 Å². The smallest absolute Gasteiger partial charge is 0.407 e. The Morgan fingerprint density at radius 1 is 0.897 bits per heavy atom. The number of benzene rings is 1. The van der Waals surface area contributed by atoms with E-state index in [1.54, 1.807) is 18.9 Å². The zero-order valence-corrected chi connectivity index (χ0v) is 19.3. The number of carbonyl (C=O) groups excluding carboxylic acids is 2. The second kappa shape index (κ2) is 11.2. The quantitative estimate of drug-likeness (QED) is 0.643. The molecule has 29 heavy (non-hydrogen) atoms. The highest BCUT2D eigenvalue weighted by atomic mass is 32.2. The van der Waals surface area contributed by atoms with Crippen LogP contribution in [0, 0.1) is 0 Å². The highest BCUT2D eigenvalue weighted by Gasteiger charge is 2.20. The Labute approximate surface area is 178 Å². The first-order chi connectivity index (χ1) is 13.4. The molecule has 0 atom stereocenters. The summed E-state index contributed by atoms with van der Waals surface area (Å²) in [6.07, 6.45) is -0.963. The summed E-state index contributed by atoms with van der Waals surface area (Å²) in [5, 5.41) is 5.49. The standard InChI is InChI=1S/C21H34N2O5S/c1-20(2,3)27-18(24)22-12-17(13-23-19(25)28-21(4,5)6)29-14-15-8-10-16(26-7)11-9-15/h8-11,17H,12-14H2,1-7H3,(H,22,24)(H,23,25). The minimum atomic E-state index is -0.565. The number of amides is 2. The molecule has 164 valence electrons. The van der Waals surface area contributed by atoms with Gasteiger partial charge in [0, 0.05) is 24.1 Å². The van der Waals surface area contributed by atoms with Gasteiger partial charge in [0.15, 0.2) is 0 Å². The number of carbonyl (C=O) groups is 2. The number of ether oxygens (including phenoxy) is 3. The maximum Gasteiger partial charge on any atom is 0.407 e. The van der Waals surface area contributed by atoms with E-state index in [1.165, 1.54) is 0 Å². The molecular formula is C21H34N2O5S. The molecule has 0 aromatic heterocycles. The summed E-state index contributed by atoms with van der Waals surface area (Å²) in [5.41, 5.74) is -0.00912. The number of methoxy groups -OCH3 is 1. The van der Waals surface area contributed by atoms with Gasteiger partial charge in [-0.25, -0.2) is 9.59 Å². The van der Waals surface area contributed by atoms with Crippen molar-refractivity contribution in [2.45, 2.75) is 63.7 Å². The van der Waals surface area contributed by atoms with Gasteiger partial charge in [0.2, 0.25) is 0 Å². The van der Waals surface area contributed by atoms with E-state index >= 15 is 0 Å². The first-order valence-electron chi connectivity index (χ1n) is 9.56. The van der Waals surface area contributed by atoms with Gasteiger partial charge >= 0.3 is 12.2 Å². The molecule has 1 aromatic rings. The average molecular weight is 427 g/mol. The molecule has 0 unspecified atom stereocenters. The highest BCUT2D eigenvalue weighted by molar-refractivity contribution is 7.99. The van der Waals surface area contributed by atoms with Crippen molar-refractivity contribution in [3.8, 4) is 5.75 Å². The molecule has 2 N–H and O–H groups in total. The summed E-state index contributed by atoms with van der Waals surface area (Å²) in [6.45, 7) is 11.6. The molecule has 1 aromatic carbocycles. The average Bonchev–Trinajstić information content (AvgIpc) is 2.58. The molecule has 0 aliphatic rings. The Balaban J connectivity index is 2.63. The molecule has 0 radical (unpaired) electrons. The second-order valence-corrected chi connectivity index (χ2v) is 9.84. The summed E-state index contributed by atoms with van der Waals surface area (Å²) >= 11 is 1.63. The summed E-state index contributed by atoms with van der Waals surface area (Å²) in [5.74, 6) is 1.52. The number of alkyl carbamates (subject to hydrolysis) is 2. The molecule has 0 saturated carbocycles. The summed E-state index contributed by atoms with van der Waals surface area (Å²) in [6, 6.07) is 7.79. The van der Waals surface area contributed by atoms with Crippen LogP contribution in [0.2, 0.25) is 0 Å². The van der Waals surface area contributed by atoms with Crippen molar-refractivity contribution in [1.82, 2.24) is 10.6 Å². The predicted molar refractivity (Wildman–Crippen MR) is 117 cm³/mol. The molecule has 1 rings (SSSR count). The molecule has 0 spiro atoms. The number of thioether (sulfide) groups is 1. The minimum absolute atomic E-state index is 0.0582. The Hall–Kier alpha value is -2.09. The third-order valence-corrected chi connectivity index (χ3v) is 4.70. The van der Waals surface area contributed by atoms with E-state index in [0.717, 1.165) is 17.1 Å². The van der Waals surface area contributed by atoms with Crippen LogP contribution >= 0.6 is 11.8 Å². The van der Waals surface area contributed by atoms with Crippen LogP contribution in [-0.4, -0.2) is 48.8 Å². The molecular weight excluding hydrogens is 392 g/mol. The zero-order valence-electron chi connectivity index (χ0n) is 18.5. The lowest BCUT2D eigenvalue weighted by Crippen LogP contribution is -2.41. The first-order valence-corrected chi connectivity index (χ1v) is 10.6. The van der Waals surface area contributed by atoms with E-state index in [0.29, 0.717) is 13.1 Å². The molecule has 0 bridgehead atoms. The van der Waals surface area contributed by atoms with E-state index in [9.17, 15) is 9.59 Å². The molecule has 7 nitrogen and oxygen atoms in total. The largest absolute Gasteiger partial charge is 0.497 e. The van der Waals surface area contributed by atoms with Gasteiger partial charge in [-0.3, -0.25) is 0 Å². The summed E-state index contributed by atoms with van der Waals surface area (Å²) in [7, 11) is 1.63. The SMILES string of the molecule is COc1ccc(CSC(CNC(=O)OC(C)(C)C)CNC(=O)OC(C)(C)C)cc1. The molecule has 0 saturated heterocycles. The van der Waals surface area contributed by atoms with Crippen molar-refractivity contribution < 1.29 is 23.8 Å². The fourth-order valence-electron chi connectivity index (χ4n) is 2.15. The predicted octanol–water partition coefficient (Wildman–Crippen LogP) is 4.35. The normalized spacial score (nSPS) is 11.7. The van der Waals surface area contributed by atoms with Gasteiger partial charge in [-0.05, 0) is 59.2 Å². The Kier molecular flexibility index (Phi) is 9.62. The van der Waals surface area contributed by atoms with Gasteiger partial charge in [0.25, 0.3) is 0 Å².